The molecule has 0 bridgehead atoms. The maximum absolute atomic E-state index is 11.8. The Kier molecular flexibility index (Phi) is 4.01. The second-order valence-electron chi connectivity index (χ2n) is 6.31. The van der Waals surface area contributed by atoms with E-state index in [9.17, 15) is 14.7 Å². The largest absolute Gasteiger partial charge is 0.481 e. The van der Waals surface area contributed by atoms with Crippen LogP contribution in [0.2, 0.25) is 0 Å². The Labute approximate surface area is 129 Å². The fraction of sp³-hybridized carbons (Fsp3) is 0.444. The molecule has 0 amide bonds. The summed E-state index contributed by atoms with van der Waals surface area (Å²) in [7, 11) is 0. The number of carboxylic acids is 1. The summed E-state index contributed by atoms with van der Waals surface area (Å²) in [5.41, 5.74) is 2.17. The van der Waals surface area contributed by atoms with Gasteiger partial charge in [-0.1, -0.05) is 37.8 Å². The van der Waals surface area contributed by atoms with Crippen molar-refractivity contribution < 1.29 is 14.7 Å². The lowest BCUT2D eigenvalue weighted by Crippen LogP contribution is -2.14. The van der Waals surface area contributed by atoms with Crippen LogP contribution in [0.4, 0.5) is 0 Å². The predicted octanol–water partition coefficient (Wildman–Crippen LogP) is 4.12. The minimum atomic E-state index is -0.777. The Hall–Kier alpha value is -2.10. The molecule has 1 fully saturated rings. The maximum atomic E-state index is 11.8. The van der Waals surface area contributed by atoms with Crippen LogP contribution < -0.4 is 0 Å². The second-order valence-corrected chi connectivity index (χ2v) is 6.31. The normalized spacial score (nSPS) is 17.0. The molecule has 1 atom stereocenters. The molecule has 0 saturated heterocycles. The van der Waals surface area contributed by atoms with Gasteiger partial charge in [0.1, 0.15) is 0 Å². The minimum Gasteiger partial charge on any atom is -0.481 e. The van der Waals surface area contributed by atoms with Gasteiger partial charge in [-0.05, 0) is 30.9 Å². The zero-order chi connectivity index (χ0) is 15.7. The van der Waals surface area contributed by atoms with Gasteiger partial charge in [0, 0.05) is 17.1 Å². The number of fused-ring (bicyclic) bond motifs is 1. The first-order valence-corrected chi connectivity index (χ1v) is 7.91. The van der Waals surface area contributed by atoms with Crippen LogP contribution in [0.15, 0.2) is 24.4 Å². The monoisotopic (exact) mass is 299 g/mol. The lowest BCUT2D eigenvalue weighted by atomic mass is 9.87. The van der Waals surface area contributed by atoms with Crippen molar-refractivity contribution in [1.29, 1.82) is 0 Å². The van der Waals surface area contributed by atoms with E-state index in [2.05, 4.69) is 4.98 Å². The third-order valence-electron chi connectivity index (χ3n) is 4.84. The van der Waals surface area contributed by atoms with E-state index in [1.807, 2.05) is 12.1 Å². The van der Waals surface area contributed by atoms with Gasteiger partial charge < -0.3 is 10.1 Å². The molecule has 22 heavy (non-hydrogen) atoms. The van der Waals surface area contributed by atoms with E-state index in [4.69, 9.17) is 0 Å². The highest BCUT2D eigenvalue weighted by atomic mass is 16.4. The fourth-order valence-electron chi connectivity index (χ4n) is 3.70. The molecule has 1 aromatic carbocycles. The van der Waals surface area contributed by atoms with E-state index in [0.29, 0.717) is 17.9 Å². The van der Waals surface area contributed by atoms with Crippen LogP contribution in [-0.2, 0) is 4.79 Å². The Morgan fingerprint density at radius 3 is 2.68 bits per heavy atom. The average molecular weight is 299 g/mol. The number of hydrogen-bond donors (Lipinski definition) is 2. The Morgan fingerprint density at radius 2 is 2.05 bits per heavy atom. The highest BCUT2D eigenvalue weighted by Crippen LogP contribution is 2.37. The van der Waals surface area contributed by atoms with Crippen LogP contribution in [0.5, 0.6) is 0 Å². The minimum absolute atomic E-state index is 0.0123. The van der Waals surface area contributed by atoms with E-state index >= 15 is 0 Å². The number of Topliss-reactive ketones (excluding diaryl/α,β-unsaturated/α-hetero) is 1. The summed E-state index contributed by atoms with van der Waals surface area (Å²) in [5, 5.41) is 10.5. The molecule has 0 spiro atoms. The van der Waals surface area contributed by atoms with Crippen molar-refractivity contribution in [3.05, 3.63) is 35.5 Å². The van der Waals surface area contributed by atoms with E-state index in [0.717, 1.165) is 29.3 Å². The van der Waals surface area contributed by atoms with Gasteiger partial charge in [0.05, 0.1) is 11.4 Å². The zero-order valence-electron chi connectivity index (χ0n) is 12.8. The standard InChI is InChI=1S/C18H21NO3/c1-11(20)13-7-4-8-14-16(10-19-17(13)14)15(18(21)22)9-12-5-2-3-6-12/h4,7-8,10,12,15,19H,2-3,5-6,9H2,1H3,(H,21,22). The van der Waals surface area contributed by atoms with Crippen LogP contribution in [0.3, 0.4) is 0 Å². The van der Waals surface area contributed by atoms with Gasteiger partial charge in [0.2, 0.25) is 0 Å². The molecule has 1 unspecified atom stereocenters. The number of aromatic amines is 1. The van der Waals surface area contributed by atoms with Crippen LogP contribution >= 0.6 is 0 Å². The van der Waals surface area contributed by atoms with Crippen molar-refractivity contribution in [2.75, 3.05) is 0 Å². The summed E-state index contributed by atoms with van der Waals surface area (Å²) in [4.78, 5) is 26.6. The molecule has 1 aliphatic rings. The van der Waals surface area contributed by atoms with E-state index < -0.39 is 11.9 Å². The van der Waals surface area contributed by atoms with Crippen molar-refractivity contribution in [2.24, 2.45) is 5.92 Å². The van der Waals surface area contributed by atoms with E-state index in [1.54, 1.807) is 12.3 Å². The Balaban J connectivity index is 2.01. The number of para-hydroxylation sites is 1. The van der Waals surface area contributed by atoms with Gasteiger partial charge in [0.25, 0.3) is 0 Å². The van der Waals surface area contributed by atoms with Gasteiger partial charge in [0.15, 0.2) is 5.78 Å². The molecule has 2 aromatic rings. The number of H-pyrrole nitrogens is 1. The number of nitrogens with one attached hydrogen (secondary N) is 1. The van der Waals surface area contributed by atoms with Gasteiger partial charge in [-0.15, -0.1) is 0 Å². The number of aromatic nitrogens is 1. The Morgan fingerprint density at radius 1 is 1.32 bits per heavy atom. The molecule has 0 aliphatic heterocycles. The molecule has 4 nitrogen and oxygen atoms in total. The average Bonchev–Trinajstić information content (AvgIpc) is 3.13. The number of rotatable bonds is 5. The first-order chi connectivity index (χ1) is 10.6. The van der Waals surface area contributed by atoms with Crippen molar-refractivity contribution in [3.63, 3.8) is 0 Å². The molecule has 1 saturated carbocycles. The van der Waals surface area contributed by atoms with Crippen LogP contribution in [-0.4, -0.2) is 21.8 Å². The van der Waals surface area contributed by atoms with Crippen LogP contribution in [0, 0.1) is 5.92 Å². The third kappa shape index (κ3) is 2.65. The summed E-state index contributed by atoms with van der Waals surface area (Å²) in [6, 6.07) is 5.50. The summed E-state index contributed by atoms with van der Waals surface area (Å²) in [6.45, 7) is 1.53. The predicted molar refractivity (Wildman–Crippen MR) is 85.3 cm³/mol. The number of benzene rings is 1. The molecule has 1 aromatic heterocycles. The van der Waals surface area contributed by atoms with E-state index in [1.165, 1.54) is 19.8 Å². The van der Waals surface area contributed by atoms with Crippen molar-refractivity contribution in [3.8, 4) is 0 Å². The van der Waals surface area contributed by atoms with Gasteiger partial charge >= 0.3 is 5.97 Å². The smallest absolute Gasteiger partial charge is 0.311 e. The third-order valence-corrected chi connectivity index (χ3v) is 4.84. The molecule has 2 N–H and O–H groups in total. The topological polar surface area (TPSA) is 70.2 Å². The summed E-state index contributed by atoms with van der Waals surface area (Å²) in [5.74, 6) is -0.788. The number of carbonyl (C=O) groups is 2. The van der Waals surface area contributed by atoms with Crippen LogP contribution in [0.1, 0.15) is 60.9 Å². The number of ketones is 1. The fourth-order valence-corrected chi connectivity index (χ4v) is 3.70. The van der Waals surface area contributed by atoms with Gasteiger partial charge in [-0.2, -0.15) is 0 Å². The number of aliphatic carboxylic acids is 1. The highest BCUT2D eigenvalue weighted by molar-refractivity contribution is 6.07. The maximum Gasteiger partial charge on any atom is 0.311 e. The summed E-state index contributed by atoms with van der Waals surface area (Å²) >= 11 is 0. The first-order valence-electron chi connectivity index (χ1n) is 7.91. The van der Waals surface area contributed by atoms with Crippen molar-refractivity contribution >= 4 is 22.7 Å². The summed E-state index contributed by atoms with van der Waals surface area (Å²) < 4.78 is 0. The zero-order valence-corrected chi connectivity index (χ0v) is 12.8. The van der Waals surface area contributed by atoms with Gasteiger partial charge in [-0.25, -0.2) is 0 Å². The molecule has 0 radical (unpaired) electrons. The van der Waals surface area contributed by atoms with E-state index in [-0.39, 0.29) is 5.78 Å². The van der Waals surface area contributed by atoms with Crippen molar-refractivity contribution in [1.82, 2.24) is 4.98 Å². The SMILES string of the molecule is CC(=O)c1cccc2c(C(CC3CCCC3)C(=O)O)c[nH]c12. The lowest BCUT2D eigenvalue weighted by molar-refractivity contribution is -0.139. The number of carbonyl (C=O) groups excluding carboxylic acids is 1. The molecule has 1 aliphatic carbocycles. The quantitative estimate of drug-likeness (QED) is 0.816. The molecule has 116 valence electrons. The molecule has 3 rings (SSSR count). The number of carboxylic acid groups (broad SMARTS) is 1. The number of hydrogen-bond acceptors (Lipinski definition) is 2. The first kappa shape index (κ1) is 14.8. The second kappa shape index (κ2) is 5.95. The molecular formula is C18H21NO3. The molecular weight excluding hydrogens is 278 g/mol. The highest BCUT2D eigenvalue weighted by Gasteiger charge is 2.28. The molecule has 4 heteroatoms. The summed E-state index contributed by atoms with van der Waals surface area (Å²) in [6.07, 6.45) is 7.13. The molecule has 1 heterocycles. The lowest BCUT2D eigenvalue weighted by Gasteiger charge is -2.16. The van der Waals surface area contributed by atoms with Crippen LogP contribution in [0.25, 0.3) is 10.9 Å². The Bertz CT molecular complexity index is 710. The van der Waals surface area contributed by atoms with Gasteiger partial charge in [-0.3, -0.25) is 9.59 Å². The van der Waals surface area contributed by atoms with Crippen molar-refractivity contribution in [2.45, 2.75) is 44.9 Å².